The van der Waals surface area contributed by atoms with Gasteiger partial charge in [-0.3, -0.25) is 9.69 Å². The van der Waals surface area contributed by atoms with Crippen molar-refractivity contribution >= 4 is 5.97 Å². The molecule has 6 heteroatoms. The minimum absolute atomic E-state index is 0.0438. The van der Waals surface area contributed by atoms with Gasteiger partial charge in [-0.25, -0.2) is 4.98 Å². The molecule has 0 aliphatic carbocycles. The number of hydrogen-bond acceptors (Lipinski definition) is 5. The van der Waals surface area contributed by atoms with Crippen LogP contribution < -0.4 is 0 Å². The highest BCUT2D eigenvalue weighted by atomic mass is 16.5. The number of pyridine rings is 1. The minimum Gasteiger partial charge on any atom is -0.481 e. The predicted molar refractivity (Wildman–Crippen MR) is 66.2 cm³/mol. The van der Waals surface area contributed by atoms with Crippen molar-refractivity contribution in [3.63, 3.8) is 0 Å². The molecule has 0 amide bonds. The van der Waals surface area contributed by atoms with Crippen LogP contribution in [0.5, 0.6) is 0 Å². The maximum Gasteiger partial charge on any atom is 0.305 e. The molecule has 1 atom stereocenters. The molecular formula is C13H15N3O3. The largest absolute Gasteiger partial charge is 0.481 e. The van der Waals surface area contributed by atoms with E-state index in [2.05, 4.69) is 11.1 Å². The van der Waals surface area contributed by atoms with Gasteiger partial charge in [0, 0.05) is 30.9 Å². The molecule has 1 unspecified atom stereocenters. The molecule has 0 saturated carbocycles. The topological polar surface area (TPSA) is 86.5 Å². The number of carboxylic acid groups (broad SMARTS) is 1. The molecule has 1 saturated heterocycles. The third kappa shape index (κ3) is 3.50. The molecular weight excluding hydrogens is 246 g/mol. The molecule has 1 aromatic heterocycles. The van der Waals surface area contributed by atoms with Gasteiger partial charge in [0.1, 0.15) is 11.8 Å². The maximum absolute atomic E-state index is 10.8. The van der Waals surface area contributed by atoms with Crippen LogP contribution in [0.4, 0.5) is 0 Å². The third-order valence-corrected chi connectivity index (χ3v) is 3.13. The Morgan fingerprint density at radius 1 is 1.68 bits per heavy atom. The lowest BCUT2D eigenvalue weighted by molar-refractivity contribution is -0.140. The van der Waals surface area contributed by atoms with Crippen molar-refractivity contribution in [2.24, 2.45) is 0 Å². The van der Waals surface area contributed by atoms with Gasteiger partial charge < -0.3 is 9.84 Å². The second-order valence-electron chi connectivity index (χ2n) is 4.42. The van der Waals surface area contributed by atoms with Crippen LogP contribution in [0.2, 0.25) is 0 Å². The summed E-state index contributed by atoms with van der Waals surface area (Å²) >= 11 is 0. The average Bonchev–Trinajstić information content (AvgIpc) is 2.41. The molecule has 1 aliphatic heterocycles. The first-order chi connectivity index (χ1) is 9.20. The predicted octanol–water partition coefficient (Wildman–Crippen LogP) is 0.629. The zero-order valence-electron chi connectivity index (χ0n) is 10.5. The van der Waals surface area contributed by atoms with Gasteiger partial charge >= 0.3 is 5.97 Å². The monoisotopic (exact) mass is 261 g/mol. The number of hydrogen-bond donors (Lipinski definition) is 1. The lowest BCUT2D eigenvalue weighted by atomic mass is 10.1. The molecule has 1 aromatic rings. The molecule has 1 aliphatic rings. The van der Waals surface area contributed by atoms with Crippen LogP contribution >= 0.6 is 0 Å². The van der Waals surface area contributed by atoms with Gasteiger partial charge in [0.25, 0.3) is 0 Å². The van der Waals surface area contributed by atoms with Crippen LogP contribution in [-0.2, 0) is 16.1 Å². The van der Waals surface area contributed by atoms with Gasteiger partial charge in [-0.15, -0.1) is 0 Å². The second kappa shape index (κ2) is 6.27. The number of ether oxygens (including phenoxy) is 1. The van der Waals surface area contributed by atoms with Crippen molar-refractivity contribution < 1.29 is 14.6 Å². The van der Waals surface area contributed by atoms with Crippen LogP contribution in [0, 0.1) is 11.3 Å². The van der Waals surface area contributed by atoms with Gasteiger partial charge in [-0.2, -0.15) is 5.26 Å². The summed E-state index contributed by atoms with van der Waals surface area (Å²) in [4.78, 5) is 16.9. The number of nitrogens with zero attached hydrogens (tertiary/aromatic N) is 3. The first-order valence-electron chi connectivity index (χ1n) is 6.08. The maximum atomic E-state index is 10.8. The Kier molecular flexibility index (Phi) is 4.44. The van der Waals surface area contributed by atoms with Gasteiger partial charge in [0.05, 0.1) is 19.6 Å². The summed E-state index contributed by atoms with van der Waals surface area (Å²) in [5, 5.41) is 17.9. The van der Waals surface area contributed by atoms with E-state index in [9.17, 15) is 4.79 Å². The van der Waals surface area contributed by atoms with Crippen molar-refractivity contribution in [3.05, 3.63) is 29.6 Å². The van der Waals surface area contributed by atoms with Crippen molar-refractivity contribution in [1.29, 1.82) is 5.26 Å². The Bertz CT molecular complexity index is 498. The molecule has 0 spiro atoms. The van der Waals surface area contributed by atoms with Crippen LogP contribution in [0.25, 0.3) is 0 Å². The summed E-state index contributed by atoms with van der Waals surface area (Å²) in [6.45, 7) is 2.18. The number of morpholine rings is 1. The second-order valence-corrected chi connectivity index (χ2v) is 4.42. The lowest BCUT2D eigenvalue weighted by Gasteiger charge is -2.34. The molecule has 2 rings (SSSR count). The first-order valence-corrected chi connectivity index (χ1v) is 6.08. The average molecular weight is 261 g/mol. The van der Waals surface area contributed by atoms with E-state index in [1.54, 1.807) is 12.3 Å². The molecule has 100 valence electrons. The van der Waals surface area contributed by atoms with E-state index in [1.807, 2.05) is 11.0 Å². The van der Waals surface area contributed by atoms with Crippen molar-refractivity contribution in [2.45, 2.75) is 19.0 Å². The summed E-state index contributed by atoms with van der Waals surface area (Å²) < 4.78 is 5.32. The Balaban J connectivity index is 2.11. The first kappa shape index (κ1) is 13.5. The van der Waals surface area contributed by atoms with Gasteiger partial charge in [-0.05, 0) is 6.07 Å². The van der Waals surface area contributed by atoms with Crippen molar-refractivity contribution in [3.8, 4) is 6.07 Å². The van der Waals surface area contributed by atoms with Crippen molar-refractivity contribution in [1.82, 2.24) is 9.88 Å². The number of carboxylic acids is 1. The highest BCUT2D eigenvalue weighted by Crippen LogP contribution is 2.16. The zero-order chi connectivity index (χ0) is 13.7. The third-order valence-electron chi connectivity index (χ3n) is 3.13. The van der Waals surface area contributed by atoms with E-state index < -0.39 is 5.97 Å². The fraction of sp³-hybridized carbons (Fsp3) is 0.462. The summed E-state index contributed by atoms with van der Waals surface area (Å²) in [6.07, 6.45) is 1.62. The summed E-state index contributed by atoms with van der Waals surface area (Å²) in [5.41, 5.74) is 1.21. The van der Waals surface area contributed by atoms with Crippen LogP contribution in [0.3, 0.4) is 0 Å². The molecule has 1 fully saturated rings. The van der Waals surface area contributed by atoms with Crippen LogP contribution in [-0.4, -0.2) is 46.8 Å². The molecule has 19 heavy (non-hydrogen) atoms. The van der Waals surface area contributed by atoms with E-state index in [0.717, 1.165) is 5.56 Å². The van der Waals surface area contributed by atoms with Gasteiger partial charge in [0.2, 0.25) is 0 Å². The number of rotatable bonds is 4. The summed E-state index contributed by atoms with van der Waals surface area (Å²) in [6, 6.07) is 5.53. The van der Waals surface area contributed by atoms with Crippen LogP contribution in [0.1, 0.15) is 17.7 Å². The summed E-state index contributed by atoms with van der Waals surface area (Å²) in [5.74, 6) is -0.841. The standard InChI is InChI=1S/C13H15N3O3/c14-7-12-10(2-1-3-15-12)8-16-4-5-19-9-11(16)6-13(17)18/h1-3,11H,4-6,8-9H2,(H,17,18). The van der Waals surface area contributed by atoms with E-state index in [1.165, 1.54) is 0 Å². The molecule has 1 N–H and O–H groups in total. The number of aromatic nitrogens is 1. The van der Waals surface area contributed by atoms with Gasteiger partial charge in [0.15, 0.2) is 0 Å². The van der Waals surface area contributed by atoms with E-state index in [4.69, 9.17) is 15.1 Å². The quantitative estimate of drug-likeness (QED) is 0.855. The fourth-order valence-electron chi connectivity index (χ4n) is 2.17. The van der Waals surface area contributed by atoms with Crippen LogP contribution in [0.15, 0.2) is 18.3 Å². The van der Waals surface area contributed by atoms with E-state index in [0.29, 0.717) is 32.0 Å². The van der Waals surface area contributed by atoms with E-state index >= 15 is 0 Å². The molecule has 6 nitrogen and oxygen atoms in total. The Hall–Kier alpha value is -1.97. The number of nitriles is 1. The normalized spacial score (nSPS) is 19.8. The minimum atomic E-state index is -0.841. The van der Waals surface area contributed by atoms with Crippen molar-refractivity contribution in [2.75, 3.05) is 19.8 Å². The number of carbonyl (C=O) groups is 1. The highest BCUT2D eigenvalue weighted by Gasteiger charge is 2.25. The Morgan fingerprint density at radius 3 is 3.26 bits per heavy atom. The smallest absolute Gasteiger partial charge is 0.305 e. The summed E-state index contributed by atoms with van der Waals surface area (Å²) in [7, 11) is 0. The number of aliphatic carboxylic acids is 1. The molecule has 2 heterocycles. The SMILES string of the molecule is N#Cc1ncccc1CN1CCOCC1CC(=O)O. The Morgan fingerprint density at radius 2 is 2.53 bits per heavy atom. The molecule has 0 aromatic carbocycles. The van der Waals surface area contributed by atoms with E-state index in [-0.39, 0.29) is 12.5 Å². The zero-order valence-corrected chi connectivity index (χ0v) is 10.5. The molecule has 0 bridgehead atoms. The fourth-order valence-corrected chi connectivity index (χ4v) is 2.17. The Labute approximate surface area is 111 Å². The molecule has 0 radical (unpaired) electrons. The lowest BCUT2D eigenvalue weighted by Crippen LogP contribution is -2.46. The highest BCUT2D eigenvalue weighted by molar-refractivity contribution is 5.67. The van der Waals surface area contributed by atoms with Gasteiger partial charge in [-0.1, -0.05) is 6.07 Å².